The molecule has 0 aliphatic carbocycles. The van der Waals surface area contributed by atoms with Crippen LogP contribution >= 0.6 is 0 Å². The molecule has 2 aromatic carbocycles. The first-order chi connectivity index (χ1) is 13.5. The third-order valence-corrected chi connectivity index (χ3v) is 5.65. The maximum Gasteiger partial charge on any atom is 0.494 e. The minimum absolute atomic E-state index is 0.148. The lowest BCUT2D eigenvalue weighted by molar-refractivity contribution is 0.00578. The molecule has 0 aromatic heterocycles. The Morgan fingerprint density at radius 2 is 1.62 bits per heavy atom. The summed E-state index contributed by atoms with van der Waals surface area (Å²) in [5.74, 6) is -0.474. The average Bonchev–Trinajstić information content (AvgIpc) is 2.86. The number of amides is 2. The third kappa shape index (κ3) is 4.46. The van der Waals surface area contributed by atoms with Crippen molar-refractivity contribution in [2.75, 3.05) is 10.6 Å². The van der Waals surface area contributed by atoms with Crippen LogP contribution in [0.25, 0.3) is 0 Å². The molecule has 1 heterocycles. The number of carbonyl (C=O) groups is 1. The van der Waals surface area contributed by atoms with Crippen LogP contribution in [0.3, 0.4) is 0 Å². The SMILES string of the molecule is CCc1cc(B2OC(C)(C)C(C)(C)O2)ccc1NC(=O)Nc1cc(C)ccc1F. The first-order valence-corrected chi connectivity index (χ1v) is 9.85. The van der Waals surface area contributed by atoms with Crippen molar-refractivity contribution >= 4 is 30.0 Å². The Labute approximate surface area is 172 Å². The van der Waals surface area contributed by atoms with Gasteiger partial charge in [-0.25, -0.2) is 9.18 Å². The van der Waals surface area contributed by atoms with Crippen molar-refractivity contribution in [3.8, 4) is 0 Å². The highest BCUT2D eigenvalue weighted by molar-refractivity contribution is 6.62. The van der Waals surface area contributed by atoms with E-state index in [9.17, 15) is 9.18 Å². The van der Waals surface area contributed by atoms with E-state index >= 15 is 0 Å². The molecule has 29 heavy (non-hydrogen) atoms. The molecular formula is C22H28BFN2O3. The van der Waals surface area contributed by atoms with Crippen LogP contribution in [0.2, 0.25) is 0 Å². The molecule has 1 aliphatic rings. The molecule has 7 heteroatoms. The van der Waals surface area contributed by atoms with Gasteiger partial charge in [-0.05, 0) is 75.8 Å². The number of anilines is 2. The van der Waals surface area contributed by atoms with E-state index in [-0.39, 0.29) is 5.69 Å². The Kier molecular flexibility index (Phi) is 5.74. The van der Waals surface area contributed by atoms with E-state index in [1.54, 1.807) is 12.1 Å². The Bertz CT molecular complexity index is 914. The number of hydrogen-bond donors (Lipinski definition) is 2. The van der Waals surface area contributed by atoms with Crippen molar-refractivity contribution in [2.45, 2.75) is 59.2 Å². The highest BCUT2D eigenvalue weighted by Crippen LogP contribution is 2.36. The van der Waals surface area contributed by atoms with Crippen LogP contribution in [-0.4, -0.2) is 24.4 Å². The van der Waals surface area contributed by atoms with E-state index < -0.39 is 30.2 Å². The average molecular weight is 398 g/mol. The largest absolute Gasteiger partial charge is 0.494 e. The molecule has 0 unspecified atom stereocenters. The summed E-state index contributed by atoms with van der Waals surface area (Å²) >= 11 is 0. The standard InChI is InChI=1S/C22H28BFN2O3/c1-7-15-13-16(23-28-21(3,4)22(5,6)29-23)9-11-18(15)25-20(27)26-19-12-14(2)8-10-17(19)24/h8-13H,7H2,1-6H3,(H2,25,26,27). The summed E-state index contributed by atoms with van der Waals surface area (Å²) < 4.78 is 26.1. The number of rotatable bonds is 4. The zero-order valence-corrected chi connectivity index (χ0v) is 17.9. The van der Waals surface area contributed by atoms with E-state index in [0.29, 0.717) is 12.1 Å². The van der Waals surface area contributed by atoms with Crippen molar-refractivity contribution in [2.24, 2.45) is 0 Å². The zero-order chi connectivity index (χ0) is 21.4. The van der Waals surface area contributed by atoms with Crippen LogP contribution in [0, 0.1) is 12.7 Å². The van der Waals surface area contributed by atoms with Gasteiger partial charge in [-0.15, -0.1) is 0 Å². The minimum Gasteiger partial charge on any atom is -0.399 e. The summed E-state index contributed by atoms with van der Waals surface area (Å²) in [7, 11) is -0.463. The van der Waals surface area contributed by atoms with Crippen molar-refractivity contribution < 1.29 is 18.5 Å². The fourth-order valence-corrected chi connectivity index (χ4v) is 3.16. The van der Waals surface area contributed by atoms with Gasteiger partial charge in [-0.3, -0.25) is 0 Å². The van der Waals surface area contributed by atoms with E-state index in [4.69, 9.17) is 9.31 Å². The number of urea groups is 1. The molecule has 1 saturated heterocycles. The zero-order valence-electron chi connectivity index (χ0n) is 17.9. The lowest BCUT2D eigenvalue weighted by atomic mass is 9.78. The summed E-state index contributed by atoms with van der Waals surface area (Å²) in [6, 6.07) is 9.77. The lowest BCUT2D eigenvalue weighted by Gasteiger charge is -2.32. The molecule has 0 spiro atoms. The summed E-state index contributed by atoms with van der Waals surface area (Å²) in [5, 5.41) is 5.38. The fraction of sp³-hybridized carbons (Fsp3) is 0.409. The van der Waals surface area contributed by atoms with Gasteiger partial charge in [0.1, 0.15) is 5.82 Å². The van der Waals surface area contributed by atoms with Crippen molar-refractivity contribution in [3.05, 3.63) is 53.3 Å². The predicted octanol–water partition coefficient (Wildman–Crippen LogP) is 4.64. The Hall–Kier alpha value is -2.38. The first-order valence-electron chi connectivity index (χ1n) is 9.85. The van der Waals surface area contributed by atoms with E-state index in [1.165, 1.54) is 6.07 Å². The number of halogens is 1. The maximum absolute atomic E-state index is 13.9. The first kappa shape index (κ1) is 21.3. The normalized spacial score (nSPS) is 17.3. The number of hydrogen-bond acceptors (Lipinski definition) is 3. The van der Waals surface area contributed by atoms with Crippen LogP contribution in [0.4, 0.5) is 20.6 Å². The highest BCUT2D eigenvalue weighted by atomic mass is 19.1. The molecule has 2 aromatic rings. The van der Waals surface area contributed by atoms with Crippen LogP contribution in [-0.2, 0) is 15.7 Å². The van der Waals surface area contributed by atoms with Gasteiger partial charge in [-0.2, -0.15) is 0 Å². The molecule has 2 amide bonds. The summed E-state index contributed by atoms with van der Waals surface area (Å²) in [6.07, 6.45) is 0.710. The fourth-order valence-electron chi connectivity index (χ4n) is 3.16. The molecule has 2 N–H and O–H groups in total. The highest BCUT2D eigenvalue weighted by Gasteiger charge is 2.51. The second-order valence-electron chi connectivity index (χ2n) is 8.42. The van der Waals surface area contributed by atoms with Crippen molar-refractivity contribution in [1.82, 2.24) is 0 Å². The quantitative estimate of drug-likeness (QED) is 0.738. The number of aryl methyl sites for hydroxylation is 2. The molecule has 1 fully saturated rings. The van der Waals surface area contributed by atoms with Gasteiger partial charge >= 0.3 is 13.1 Å². The van der Waals surface area contributed by atoms with Gasteiger partial charge in [0.2, 0.25) is 0 Å². The second-order valence-corrected chi connectivity index (χ2v) is 8.42. The maximum atomic E-state index is 13.9. The van der Waals surface area contributed by atoms with E-state index in [2.05, 4.69) is 10.6 Å². The van der Waals surface area contributed by atoms with Crippen molar-refractivity contribution in [1.29, 1.82) is 0 Å². The van der Waals surface area contributed by atoms with Gasteiger partial charge in [0, 0.05) is 5.69 Å². The second kappa shape index (κ2) is 7.80. The molecule has 154 valence electrons. The summed E-state index contributed by atoms with van der Waals surface area (Å²) in [5.41, 5.74) is 2.68. The van der Waals surface area contributed by atoms with Gasteiger partial charge in [0.25, 0.3) is 0 Å². The Balaban J connectivity index is 1.76. The monoisotopic (exact) mass is 398 g/mol. The lowest BCUT2D eigenvalue weighted by Crippen LogP contribution is -2.41. The number of benzene rings is 2. The molecule has 0 radical (unpaired) electrons. The van der Waals surface area contributed by atoms with Gasteiger partial charge < -0.3 is 19.9 Å². The van der Waals surface area contributed by atoms with Crippen LogP contribution in [0.15, 0.2) is 36.4 Å². The van der Waals surface area contributed by atoms with E-state index in [1.807, 2.05) is 59.7 Å². The molecule has 3 rings (SSSR count). The number of nitrogens with one attached hydrogen (secondary N) is 2. The molecular weight excluding hydrogens is 370 g/mol. The van der Waals surface area contributed by atoms with Crippen molar-refractivity contribution in [3.63, 3.8) is 0 Å². The predicted molar refractivity (Wildman–Crippen MR) is 115 cm³/mol. The molecule has 0 atom stereocenters. The van der Waals surface area contributed by atoms with Crippen LogP contribution < -0.4 is 16.1 Å². The van der Waals surface area contributed by atoms with Crippen LogP contribution in [0.5, 0.6) is 0 Å². The number of carbonyl (C=O) groups excluding carboxylic acids is 1. The smallest absolute Gasteiger partial charge is 0.399 e. The third-order valence-electron chi connectivity index (χ3n) is 5.65. The van der Waals surface area contributed by atoms with Gasteiger partial charge in [0.15, 0.2) is 0 Å². The molecule has 5 nitrogen and oxygen atoms in total. The summed E-state index contributed by atoms with van der Waals surface area (Å²) in [4.78, 5) is 12.4. The Morgan fingerprint density at radius 1 is 1.00 bits per heavy atom. The minimum atomic E-state index is -0.493. The van der Waals surface area contributed by atoms with Crippen LogP contribution in [0.1, 0.15) is 45.7 Å². The molecule has 0 bridgehead atoms. The van der Waals surface area contributed by atoms with Gasteiger partial charge in [0.05, 0.1) is 16.9 Å². The van der Waals surface area contributed by atoms with E-state index in [0.717, 1.165) is 16.6 Å². The Morgan fingerprint density at radius 3 is 2.24 bits per heavy atom. The summed E-state index contributed by atoms with van der Waals surface area (Å²) in [6.45, 7) is 11.9. The topological polar surface area (TPSA) is 59.6 Å². The molecule has 1 aliphatic heterocycles. The van der Waals surface area contributed by atoms with Gasteiger partial charge in [-0.1, -0.05) is 25.1 Å². The molecule has 0 saturated carbocycles.